The number of rotatable bonds is 2. The zero-order valence-electron chi connectivity index (χ0n) is 14.1. The zero-order chi connectivity index (χ0) is 18.4. The van der Waals surface area contributed by atoms with Gasteiger partial charge in [-0.25, -0.2) is 0 Å². The number of carbonyl (C=O) groups excluding carboxylic acids is 2. The van der Waals surface area contributed by atoms with Gasteiger partial charge in [0.25, 0.3) is 11.8 Å². The number of ether oxygens (including phenoxy) is 1. The van der Waals surface area contributed by atoms with Gasteiger partial charge in [-0.05, 0) is 18.2 Å². The van der Waals surface area contributed by atoms with Crippen LogP contribution in [0.3, 0.4) is 0 Å². The Morgan fingerprint density at radius 2 is 1.62 bits per heavy atom. The van der Waals surface area contributed by atoms with Crippen molar-refractivity contribution in [1.29, 1.82) is 0 Å². The van der Waals surface area contributed by atoms with E-state index in [0.717, 1.165) is 23.0 Å². The van der Waals surface area contributed by atoms with Gasteiger partial charge in [0.05, 0.1) is 29.0 Å². The third-order valence-electron chi connectivity index (χ3n) is 4.38. The Morgan fingerprint density at radius 3 is 2.35 bits per heavy atom. The third-order valence-corrected chi connectivity index (χ3v) is 5.75. The number of carbonyl (C=O) groups is 2. The number of likely N-dealkylation sites (N-methyl/N-ethyl adjacent to an activating group) is 1. The van der Waals surface area contributed by atoms with Crippen molar-refractivity contribution < 1.29 is 14.3 Å². The lowest BCUT2D eigenvalue weighted by Crippen LogP contribution is -2.28. The standard InChI is InChI=1S/C19H14N2O3S2/c1-20-12-8-4-3-7-11(12)15(17(20)22)16-18(23)21(19(25)26-16)13-9-5-6-10-14(13)24-2/h3-10H,1-2H3. The summed E-state index contributed by atoms with van der Waals surface area (Å²) in [5.41, 5.74) is 2.51. The lowest BCUT2D eigenvalue weighted by atomic mass is 10.1. The summed E-state index contributed by atoms with van der Waals surface area (Å²) in [5, 5.41) is 0. The van der Waals surface area contributed by atoms with Crippen LogP contribution in [0.4, 0.5) is 11.4 Å². The monoisotopic (exact) mass is 382 g/mol. The smallest absolute Gasteiger partial charge is 0.271 e. The molecule has 130 valence electrons. The highest BCUT2D eigenvalue weighted by Crippen LogP contribution is 2.46. The van der Waals surface area contributed by atoms with Crippen LogP contribution in [0.2, 0.25) is 0 Å². The van der Waals surface area contributed by atoms with Gasteiger partial charge in [-0.3, -0.25) is 14.5 Å². The Kier molecular flexibility index (Phi) is 4.05. The van der Waals surface area contributed by atoms with Gasteiger partial charge in [-0.15, -0.1) is 0 Å². The van der Waals surface area contributed by atoms with Crippen LogP contribution in [-0.2, 0) is 9.59 Å². The number of thiocarbonyl (C=S) groups is 1. The normalized spacial score (nSPS) is 19.4. The first-order chi connectivity index (χ1) is 12.5. The Bertz CT molecular complexity index is 1000. The van der Waals surface area contributed by atoms with E-state index in [-0.39, 0.29) is 11.8 Å². The SMILES string of the molecule is COc1ccccc1N1C(=O)C(=C2C(=O)N(C)c3ccccc32)SC1=S. The maximum absolute atomic E-state index is 13.2. The van der Waals surface area contributed by atoms with Crippen LogP contribution in [0.5, 0.6) is 5.75 Å². The molecule has 4 rings (SSSR count). The van der Waals surface area contributed by atoms with Gasteiger partial charge in [-0.2, -0.15) is 0 Å². The number of anilines is 2. The summed E-state index contributed by atoms with van der Waals surface area (Å²) in [6.07, 6.45) is 0. The predicted octanol–water partition coefficient (Wildman–Crippen LogP) is 3.45. The number of hydrogen-bond acceptors (Lipinski definition) is 5. The summed E-state index contributed by atoms with van der Waals surface area (Å²) in [7, 11) is 3.25. The molecular weight excluding hydrogens is 368 g/mol. The molecule has 2 aromatic rings. The molecule has 0 saturated carbocycles. The summed E-state index contributed by atoms with van der Waals surface area (Å²) in [6, 6.07) is 14.6. The molecule has 0 N–H and O–H groups in total. The minimum atomic E-state index is -0.307. The minimum absolute atomic E-state index is 0.202. The lowest BCUT2D eigenvalue weighted by Gasteiger charge is -2.17. The molecular formula is C19H14N2O3S2. The fourth-order valence-electron chi connectivity index (χ4n) is 3.13. The first kappa shape index (κ1) is 16.8. The maximum Gasteiger partial charge on any atom is 0.271 e. The summed E-state index contributed by atoms with van der Waals surface area (Å²) in [5.74, 6) is 0.0370. The second kappa shape index (κ2) is 6.26. The highest BCUT2D eigenvalue weighted by atomic mass is 32.2. The van der Waals surface area contributed by atoms with E-state index in [2.05, 4.69) is 0 Å². The van der Waals surface area contributed by atoms with Gasteiger partial charge in [0.1, 0.15) is 5.75 Å². The average Bonchev–Trinajstić information content (AvgIpc) is 3.08. The van der Waals surface area contributed by atoms with E-state index in [1.165, 1.54) is 4.90 Å². The van der Waals surface area contributed by atoms with Crippen molar-refractivity contribution in [2.24, 2.45) is 0 Å². The van der Waals surface area contributed by atoms with Crippen LogP contribution >= 0.6 is 24.0 Å². The Labute approximate surface area is 160 Å². The number of hydrogen-bond donors (Lipinski definition) is 0. The van der Waals surface area contributed by atoms with Gasteiger partial charge >= 0.3 is 0 Å². The lowest BCUT2D eigenvalue weighted by molar-refractivity contribution is -0.115. The van der Waals surface area contributed by atoms with E-state index in [9.17, 15) is 9.59 Å². The molecule has 0 spiro atoms. The van der Waals surface area contributed by atoms with Crippen molar-refractivity contribution in [3.63, 3.8) is 0 Å². The topological polar surface area (TPSA) is 49.9 Å². The molecule has 2 aliphatic heterocycles. The Morgan fingerprint density at radius 1 is 0.962 bits per heavy atom. The van der Waals surface area contributed by atoms with E-state index in [0.29, 0.717) is 26.2 Å². The van der Waals surface area contributed by atoms with Gasteiger partial charge in [0.2, 0.25) is 0 Å². The number of methoxy groups -OCH3 is 1. The summed E-state index contributed by atoms with van der Waals surface area (Å²) < 4.78 is 5.73. The summed E-state index contributed by atoms with van der Waals surface area (Å²) in [6.45, 7) is 0. The van der Waals surface area contributed by atoms with E-state index < -0.39 is 0 Å². The predicted molar refractivity (Wildman–Crippen MR) is 107 cm³/mol. The number of amides is 2. The average molecular weight is 382 g/mol. The number of para-hydroxylation sites is 3. The zero-order valence-corrected chi connectivity index (χ0v) is 15.7. The fourth-order valence-corrected chi connectivity index (χ4v) is 4.49. The van der Waals surface area contributed by atoms with Crippen LogP contribution < -0.4 is 14.5 Å². The van der Waals surface area contributed by atoms with Crippen molar-refractivity contribution in [2.75, 3.05) is 24.0 Å². The molecule has 0 bridgehead atoms. The molecule has 0 atom stereocenters. The molecule has 2 heterocycles. The minimum Gasteiger partial charge on any atom is -0.495 e. The van der Waals surface area contributed by atoms with Crippen LogP contribution in [0, 0.1) is 0 Å². The van der Waals surface area contributed by atoms with Crippen LogP contribution in [-0.4, -0.2) is 30.3 Å². The molecule has 7 heteroatoms. The van der Waals surface area contributed by atoms with E-state index in [4.69, 9.17) is 17.0 Å². The number of thioether (sulfide) groups is 1. The second-order valence-electron chi connectivity index (χ2n) is 5.77. The number of nitrogens with zero attached hydrogens (tertiary/aromatic N) is 2. The number of benzene rings is 2. The molecule has 0 unspecified atom stereocenters. The molecule has 5 nitrogen and oxygen atoms in total. The summed E-state index contributed by atoms with van der Waals surface area (Å²) in [4.78, 5) is 29.3. The van der Waals surface area contributed by atoms with E-state index in [1.54, 1.807) is 31.2 Å². The first-order valence-corrected chi connectivity index (χ1v) is 9.08. The summed E-state index contributed by atoms with van der Waals surface area (Å²) >= 11 is 6.59. The maximum atomic E-state index is 13.2. The first-order valence-electron chi connectivity index (χ1n) is 7.85. The van der Waals surface area contributed by atoms with Crippen molar-refractivity contribution in [2.45, 2.75) is 0 Å². The molecule has 26 heavy (non-hydrogen) atoms. The van der Waals surface area contributed by atoms with Crippen LogP contribution in [0.25, 0.3) is 5.57 Å². The van der Waals surface area contributed by atoms with Gasteiger partial charge < -0.3 is 9.64 Å². The molecule has 2 aromatic carbocycles. The fraction of sp³-hybridized carbons (Fsp3) is 0.105. The van der Waals surface area contributed by atoms with E-state index in [1.807, 2.05) is 36.4 Å². The Balaban J connectivity index is 1.86. The quantitative estimate of drug-likeness (QED) is 0.588. The highest BCUT2D eigenvalue weighted by Gasteiger charge is 2.42. The Hall–Kier alpha value is -2.64. The van der Waals surface area contributed by atoms with Gasteiger partial charge in [-0.1, -0.05) is 54.3 Å². The second-order valence-corrected chi connectivity index (χ2v) is 7.41. The van der Waals surface area contributed by atoms with Gasteiger partial charge in [0, 0.05) is 12.6 Å². The van der Waals surface area contributed by atoms with Crippen molar-refractivity contribution in [3.05, 3.63) is 59.0 Å². The molecule has 2 amide bonds. The van der Waals surface area contributed by atoms with Crippen LogP contribution in [0.1, 0.15) is 5.56 Å². The van der Waals surface area contributed by atoms with Crippen molar-refractivity contribution in [3.8, 4) is 5.75 Å². The number of fused-ring (bicyclic) bond motifs is 1. The van der Waals surface area contributed by atoms with Crippen molar-refractivity contribution >= 4 is 57.1 Å². The van der Waals surface area contributed by atoms with Gasteiger partial charge in [0.15, 0.2) is 4.32 Å². The van der Waals surface area contributed by atoms with Crippen molar-refractivity contribution in [1.82, 2.24) is 0 Å². The molecule has 1 fully saturated rings. The van der Waals surface area contributed by atoms with E-state index >= 15 is 0 Å². The molecule has 2 aliphatic rings. The molecule has 0 aliphatic carbocycles. The molecule has 1 saturated heterocycles. The molecule has 0 radical (unpaired) electrons. The highest BCUT2D eigenvalue weighted by molar-refractivity contribution is 8.27. The van der Waals surface area contributed by atoms with Crippen LogP contribution in [0.15, 0.2) is 53.4 Å². The molecule has 0 aromatic heterocycles. The largest absolute Gasteiger partial charge is 0.495 e. The third kappa shape index (κ3) is 2.35.